The van der Waals surface area contributed by atoms with Gasteiger partial charge in [-0.05, 0) is 36.6 Å². The Morgan fingerprint density at radius 1 is 1.08 bits per heavy atom. The molecule has 0 amide bonds. The van der Waals surface area contributed by atoms with Gasteiger partial charge in [-0.3, -0.25) is 4.55 Å². The molecule has 1 aliphatic rings. The highest BCUT2D eigenvalue weighted by atomic mass is 32.2. The van der Waals surface area contributed by atoms with Crippen LogP contribution in [-0.2, 0) is 16.5 Å². The predicted octanol–water partition coefficient (Wildman–Crippen LogP) is 4.51. The van der Waals surface area contributed by atoms with Crippen molar-refractivity contribution in [2.24, 2.45) is 0 Å². The third-order valence-electron chi connectivity index (χ3n) is 4.17. The second-order valence-corrected chi connectivity index (χ2v) is 7.41. The normalized spacial score (nSPS) is 14.5. The van der Waals surface area contributed by atoms with Crippen LogP contribution >= 0.6 is 0 Å². The van der Waals surface area contributed by atoms with E-state index in [9.17, 15) is 13.0 Å². The number of fused-ring (bicyclic) bond motifs is 2. The summed E-state index contributed by atoms with van der Waals surface area (Å²) >= 11 is 0. The van der Waals surface area contributed by atoms with Crippen LogP contribution in [0.4, 0.5) is 11.4 Å². The first-order chi connectivity index (χ1) is 11.5. The first-order valence-corrected chi connectivity index (χ1v) is 9.62. The quantitative estimate of drug-likeness (QED) is 0.806. The largest absolute Gasteiger partial charge is 0.453 e. The Kier molecular flexibility index (Phi) is 4.51. The lowest BCUT2D eigenvalue weighted by molar-refractivity contribution is 0.449. The number of aryl methyl sites for hydroxylation is 1. The minimum Gasteiger partial charge on any atom is -0.453 e. The number of hydrogen-bond donors (Lipinski definition) is 1. The van der Waals surface area contributed by atoms with Gasteiger partial charge in [0.05, 0.1) is 11.4 Å². The molecule has 24 heavy (non-hydrogen) atoms. The van der Waals surface area contributed by atoms with Crippen LogP contribution in [-0.4, -0.2) is 18.3 Å². The van der Waals surface area contributed by atoms with Gasteiger partial charge in [0.2, 0.25) is 0 Å². The van der Waals surface area contributed by atoms with Gasteiger partial charge in [-0.15, -0.1) is 0 Å². The fourth-order valence-electron chi connectivity index (χ4n) is 3.16. The highest BCUT2D eigenvalue weighted by Gasteiger charge is 2.36. The van der Waals surface area contributed by atoms with E-state index in [4.69, 9.17) is 4.74 Å². The van der Waals surface area contributed by atoms with Gasteiger partial charge in [0.15, 0.2) is 16.9 Å². The summed E-state index contributed by atoms with van der Waals surface area (Å²) in [6.45, 7) is 3.83. The van der Waals surface area contributed by atoms with Crippen LogP contribution in [0.25, 0.3) is 0 Å². The average Bonchev–Trinajstić information content (AvgIpc) is 2.54. The van der Waals surface area contributed by atoms with Crippen molar-refractivity contribution in [1.82, 2.24) is 0 Å². The molecule has 1 unspecified atom stereocenters. The van der Waals surface area contributed by atoms with E-state index in [0.29, 0.717) is 22.9 Å². The third kappa shape index (κ3) is 2.87. The molecule has 1 heterocycles. The van der Waals surface area contributed by atoms with Crippen LogP contribution in [0.3, 0.4) is 0 Å². The second kappa shape index (κ2) is 6.45. The van der Waals surface area contributed by atoms with Crippen molar-refractivity contribution in [1.29, 1.82) is 0 Å². The van der Waals surface area contributed by atoms with Crippen LogP contribution in [0.1, 0.15) is 32.3 Å². The van der Waals surface area contributed by atoms with E-state index in [1.54, 1.807) is 17.9 Å². The molecule has 6 heteroatoms. The molecule has 0 aliphatic carbocycles. The summed E-state index contributed by atoms with van der Waals surface area (Å²) in [7, 11) is -4.25. The molecule has 3 rings (SSSR count). The predicted molar refractivity (Wildman–Crippen MR) is 94.7 cm³/mol. The molecule has 1 N–H and O–H groups in total. The molecule has 128 valence electrons. The molecule has 1 aliphatic heterocycles. The van der Waals surface area contributed by atoms with Gasteiger partial charge in [0.25, 0.3) is 10.1 Å². The number of para-hydroxylation sites is 3. The Labute approximate surface area is 142 Å². The number of ether oxygens (including phenoxy) is 1. The molecule has 0 bridgehead atoms. The lowest BCUT2D eigenvalue weighted by Gasteiger charge is -2.37. The van der Waals surface area contributed by atoms with E-state index < -0.39 is 15.5 Å². The zero-order chi connectivity index (χ0) is 17.3. The average molecular weight is 347 g/mol. The Morgan fingerprint density at radius 3 is 2.46 bits per heavy atom. The standard InChI is InChI=1S/C18H21NO4S/c1-3-8-13-9-7-11-15-18(13)23-16-12-6-5-10-14(16)19(15)17(4-2)24(20,21)22/h5-7,9-12,17H,3-4,8H2,1-2H3,(H,20,21,22). The van der Waals surface area contributed by atoms with E-state index in [-0.39, 0.29) is 6.42 Å². The lowest BCUT2D eigenvalue weighted by atomic mass is 10.0. The van der Waals surface area contributed by atoms with Crippen LogP contribution in [0, 0.1) is 0 Å². The highest BCUT2D eigenvalue weighted by Crippen LogP contribution is 2.50. The second-order valence-electron chi connectivity index (χ2n) is 5.83. The molecule has 2 aromatic carbocycles. The summed E-state index contributed by atoms with van der Waals surface area (Å²) < 4.78 is 39.8. The topological polar surface area (TPSA) is 66.8 Å². The monoisotopic (exact) mass is 347 g/mol. The van der Waals surface area contributed by atoms with Gasteiger partial charge in [0.1, 0.15) is 0 Å². The minimum absolute atomic E-state index is 0.255. The zero-order valence-electron chi connectivity index (χ0n) is 13.8. The van der Waals surface area contributed by atoms with Crippen molar-refractivity contribution in [3.8, 4) is 11.5 Å². The summed E-state index contributed by atoms with van der Waals surface area (Å²) in [5.41, 5.74) is 2.34. The van der Waals surface area contributed by atoms with E-state index in [1.807, 2.05) is 36.4 Å². The maximum atomic E-state index is 12.0. The van der Waals surface area contributed by atoms with E-state index in [0.717, 1.165) is 18.4 Å². The fourth-order valence-corrected chi connectivity index (χ4v) is 4.08. The van der Waals surface area contributed by atoms with Crippen molar-refractivity contribution >= 4 is 21.5 Å². The van der Waals surface area contributed by atoms with Crippen molar-refractivity contribution < 1.29 is 17.7 Å². The van der Waals surface area contributed by atoms with Gasteiger partial charge in [-0.1, -0.05) is 44.5 Å². The van der Waals surface area contributed by atoms with Crippen LogP contribution in [0.15, 0.2) is 42.5 Å². The highest BCUT2D eigenvalue weighted by molar-refractivity contribution is 7.86. The summed E-state index contributed by atoms with van der Waals surface area (Å²) in [5, 5.41) is -1.06. The molecular weight excluding hydrogens is 326 g/mol. The SMILES string of the molecule is CCCc1cccc2c1Oc1ccccc1N2C(CC)S(=O)(=O)O. The molecular formula is C18H21NO4S. The summed E-state index contributed by atoms with van der Waals surface area (Å²) in [6.07, 6.45) is 2.05. The van der Waals surface area contributed by atoms with Crippen molar-refractivity contribution in [3.63, 3.8) is 0 Å². The van der Waals surface area contributed by atoms with Gasteiger partial charge in [-0.25, -0.2) is 0 Å². The number of anilines is 2. The van der Waals surface area contributed by atoms with Crippen LogP contribution in [0.5, 0.6) is 11.5 Å². The van der Waals surface area contributed by atoms with Gasteiger partial charge < -0.3 is 9.64 Å². The molecule has 0 saturated heterocycles. The third-order valence-corrected chi connectivity index (χ3v) is 5.40. The van der Waals surface area contributed by atoms with Crippen molar-refractivity contribution in [2.75, 3.05) is 4.90 Å². The Hall–Kier alpha value is -2.05. The van der Waals surface area contributed by atoms with E-state index >= 15 is 0 Å². The van der Waals surface area contributed by atoms with Gasteiger partial charge >= 0.3 is 0 Å². The Morgan fingerprint density at radius 2 is 1.79 bits per heavy atom. The lowest BCUT2D eigenvalue weighted by Crippen LogP contribution is -2.38. The molecule has 2 aromatic rings. The number of benzene rings is 2. The number of hydrogen-bond acceptors (Lipinski definition) is 4. The first kappa shape index (κ1) is 16.8. The summed E-state index contributed by atoms with van der Waals surface area (Å²) in [6, 6.07) is 13.0. The van der Waals surface area contributed by atoms with Crippen LogP contribution < -0.4 is 9.64 Å². The molecule has 0 fully saturated rings. The summed E-state index contributed by atoms with van der Waals surface area (Å²) in [4.78, 5) is 1.67. The molecule has 0 radical (unpaired) electrons. The molecule has 0 spiro atoms. The maximum absolute atomic E-state index is 12.0. The maximum Gasteiger partial charge on any atom is 0.286 e. The smallest absolute Gasteiger partial charge is 0.286 e. The summed E-state index contributed by atoms with van der Waals surface area (Å²) in [5.74, 6) is 1.26. The number of nitrogens with zero attached hydrogens (tertiary/aromatic N) is 1. The van der Waals surface area contributed by atoms with Gasteiger partial charge in [-0.2, -0.15) is 8.42 Å². The van der Waals surface area contributed by atoms with Crippen molar-refractivity contribution in [2.45, 2.75) is 38.5 Å². The molecule has 0 saturated carbocycles. The Balaban J connectivity index is 2.24. The number of rotatable bonds is 5. The van der Waals surface area contributed by atoms with Gasteiger partial charge in [0, 0.05) is 0 Å². The van der Waals surface area contributed by atoms with Crippen LogP contribution in [0.2, 0.25) is 0 Å². The fraction of sp³-hybridized carbons (Fsp3) is 0.333. The zero-order valence-corrected chi connectivity index (χ0v) is 14.6. The Bertz CT molecular complexity index is 848. The van der Waals surface area contributed by atoms with Crippen molar-refractivity contribution in [3.05, 3.63) is 48.0 Å². The van der Waals surface area contributed by atoms with E-state index in [2.05, 4.69) is 6.92 Å². The minimum atomic E-state index is -4.25. The molecule has 0 aromatic heterocycles. The first-order valence-electron chi connectivity index (χ1n) is 8.11. The molecule has 1 atom stereocenters. The molecule has 5 nitrogen and oxygen atoms in total. The van der Waals surface area contributed by atoms with E-state index in [1.165, 1.54) is 0 Å².